The molecule has 0 N–H and O–H groups in total. The summed E-state index contributed by atoms with van der Waals surface area (Å²) >= 11 is 0. The van der Waals surface area contributed by atoms with Crippen molar-refractivity contribution in [1.82, 2.24) is 0 Å². The molecule has 0 heterocycles. The van der Waals surface area contributed by atoms with Gasteiger partial charge in [-0.15, -0.1) is 0 Å². The van der Waals surface area contributed by atoms with Crippen LogP contribution >= 0.6 is 0 Å². The molecule has 1 aliphatic carbocycles. The van der Waals surface area contributed by atoms with Crippen LogP contribution in [0.5, 0.6) is 0 Å². The monoisotopic (exact) mass is 348 g/mol. The zero-order valence-electron chi connectivity index (χ0n) is 17.1. The van der Waals surface area contributed by atoms with E-state index in [0.29, 0.717) is 5.41 Å². The third kappa shape index (κ3) is 4.78. The second kappa shape index (κ2) is 8.89. The van der Waals surface area contributed by atoms with Crippen LogP contribution < -0.4 is 0 Å². The van der Waals surface area contributed by atoms with Crippen molar-refractivity contribution in [3.63, 3.8) is 0 Å². The summed E-state index contributed by atoms with van der Waals surface area (Å²) in [5, 5.41) is 0. The van der Waals surface area contributed by atoms with Crippen LogP contribution in [-0.2, 0) is 6.42 Å². The Hall–Kier alpha value is -1.56. The molecule has 0 amide bonds. The van der Waals surface area contributed by atoms with E-state index in [4.69, 9.17) is 0 Å². The predicted octanol–water partition coefficient (Wildman–Crippen LogP) is 8.16. The average molecular weight is 349 g/mol. The minimum Gasteiger partial charge on any atom is -0.0654 e. The lowest BCUT2D eigenvalue weighted by molar-refractivity contribution is 0.179. The third-order valence-electron chi connectivity index (χ3n) is 6.53. The van der Waals surface area contributed by atoms with Crippen LogP contribution in [0.15, 0.2) is 48.5 Å². The van der Waals surface area contributed by atoms with Crippen molar-refractivity contribution in [3.05, 3.63) is 59.7 Å². The molecule has 0 unspecified atom stereocenters. The summed E-state index contributed by atoms with van der Waals surface area (Å²) in [4.78, 5) is 0. The van der Waals surface area contributed by atoms with E-state index < -0.39 is 0 Å². The van der Waals surface area contributed by atoms with Gasteiger partial charge in [0, 0.05) is 0 Å². The van der Waals surface area contributed by atoms with E-state index in [1.165, 1.54) is 74.5 Å². The fraction of sp³-hybridized carbons (Fsp3) is 0.538. The highest BCUT2D eigenvalue weighted by Crippen LogP contribution is 2.45. The molecule has 1 fully saturated rings. The molecular weight excluding hydrogens is 312 g/mol. The Morgan fingerprint density at radius 3 is 1.92 bits per heavy atom. The lowest BCUT2D eigenvalue weighted by Gasteiger charge is -2.37. The van der Waals surface area contributed by atoms with Gasteiger partial charge in [-0.05, 0) is 72.1 Å². The van der Waals surface area contributed by atoms with Crippen LogP contribution in [0.4, 0.5) is 0 Å². The molecule has 140 valence electrons. The summed E-state index contributed by atoms with van der Waals surface area (Å²) in [7, 11) is 0. The van der Waals surface area contributed by atoms with Crippen molar-refractivity contribution in [1.29, 1.82) is 0 Å². The average Bonchev–Trinajstić information content (AvgIpc) is 2.68. The number of unbranched alkanes of at least 4 members (excludes halogenated alkanes) is 1. The first-order valence-corrected chi connectivity index (χ1v) is 10.8. The van der Waals surface area contributed by atoms with E-state index in [1.807, 2.05) is 0 Å². The van der Waals surface area contributed by atoms with Crippen molar-refractivity contribution in [2.45, 2.75) is 84.5 Å². The van der Waals surface area contributed by atoms with Gasteiger partial charge in [0.25, 0.3) is 0 Å². The van der Waals surface area contributed by atoms with E-state index >= 15 is 0 Å². The quantitative estimate of drug-likeness (QED) is 0.473. The SMILES string of the molecule is CCCCC1(C)CCC(c2ccc(-c3ccc(CCC)cc3)cc2)CC1. The Kier molecular flexibility index (Phi) is 6.57. The first kappa shape index (κ1) is 19.2. The van der Waals surface area contributed by atoms with Gasteiger partial charge < -0.3 is 0 Å². The van der Waals surface area contributed by atoms with E-state index in [1.54, 1.807) is 5.56 Å². The van der Waals surface area contributed by atoms with Gasteiger partial charge in [0.05, 0.1) is 0 Å². The minimum atomic E-state index is 0.604. The van der Waals surface area contributed by atoms with Crippen molar-refractivity contribution in [3.8, 4) is 11.1 Å². The van der Waals surface area contributed by atoms with Gasteiger partial charge in [0.15, 0.2) is 0 Å². The Labute approximate surface area is 161 Å². The zero-order valence-corrected chi connectivity index (χ0v) is 17.1. The fourth-order valence-corrected chi connectivity index (χ4v) is 4.60. The van der Waals surface area contributed by atoms with Crippen LogP contribution in [0.1, 0.15) is 89.2 Å². The molecule has 2 aromatic rings. The summed E-state index contributed by atoms with van der Waals surface area (Å²) in [5.74, 6) is 0.769. The smallest absolute Gasteiger partial charge is 0.0162 e. The number of aryl methyl sites for hydroxylation is 1. The molecule has 0 aliphatic heterocycles. The molecule has 26 heavy (non-hydrogen) atoms. The lowest BCUT2D eigenvalue weighted by atomic mass is 9.68. The maximum absolute atomic E-state index is 2.52. The Morgan fingerprint density at radius 2 is 1.38 bits per heavy atom. The summed E-state index contributed by atoms with van der Waals surface area (Å²) in [5.41, 5.74) is 6.29. The minimum absolute atomic E-state index is 0.604. The van der Waals surface area contributed by atoms with Crippen LogP contribution in [0, 0.1) is 5.41 Å². The Balaban J connectivity index is 1.61. The number of hydrogen-bond acceptors (Lipinski definition) is 0. The molecule has 0 heteroatoms. The van der Waals surface area contributed by atoms with Gasteiger partial charge in [-0.3, -0.25) is 0 Å². The van der Waals surface area contributed by atoms with E-state index in [9.17, 15) is 0 Å². The van der Waals surface area contributed by atoms with Crippen LogP contribution in [0.3, 0.4) is 0 Å². The molecule has 2 aromatic carbocycles. The number of benzene rings is 2. The fourth-order valence-electron chi connectivity index (χ4n) is 4.60. The molecule has 0 atom stereocenters. The highest BCUT2D eigenvalue weighted by molar-refractivity contribution is 5.64. The molecule has 0 saturated heterocycles. The van der Waals surface area contributed by atoms with Gasteiger partial charge >= 0.3 is 0 Å². The first-order valence-electron chi connectivity index (χ1n) is 10.8. The molecule has 3 rings (SSSR count). The van der Waals surface area contributed by atoms with E-state index in [-0.39, 0.29) is 0 Å². The molecular formula is C26H36. The summed E-state index contributed by atoms with van der Waals surface area (Å²) < 4.78 is 0. The number of rotatable bonds is 7. The zero-order chi connectivity index (χ0) is 18.4. The van der Waals surface area contributed by atoms with Crippen LogP contribution in [0.25, 0.3) is 11.1 Å². The van der Waals surface area contributed by atoms with Crippen LogP contribution in [0.2, 0.25) is 0 Å². The lowest BCUT2D eigenvalue weighted by Crippen LogP contribution is -2.23. The van der Waals surface area contributed by atoms with Gasteiger partial charge in [0.1, 0.15) is 0 Å². The maximum atomic E-state index is 2.52. The molecule has 0 radical (unpaired) electrons. The van der Waals surface area contributed by atoms with Crippen molar-refractivity contribution in [2.24, 2.45) is 5.41 Å². The molecule has 0 bridgehead atoms. The van der Waals surface area contributed by atoms with Gasteiger partial charge in [0.2, 0.25) is 0 Å². The second-order valence-corrected chi connectivity index (χ2v) is 8.76. The maximum Gasteiger partial charge on any atom is -0.0162 e. The van der Waals surface area contributed by atoms with Gasteiger partial charge in [-0.1, -0.05) is 88.6 Å². The number of hydrogen-bond donors (Lipinski definition) is 0. The highest BCUT2D eigenvalue weighted by Gasteiger charge is 2.30. The Morgan fingerprint density at radius 1 is 0.808 bits per heavy atom. The summed E-state index contributed by atoms with van der Waals surface area (Å²) in [6.07, 6.45) is 12.1. The normalized spacial score (nSPS) is 23.1. The molecule has 0 nitrogen and oxygen atoms in total. The van der Waals surface area contributed by atoms with Crippen molar-refractivity contribution >= 4 is 0 Å². The predicted molar refractivity (Wildman–Crippen MR) is 115 cm³/mol. The third-order valence-corrected chi connectivity index (χ3v) is 6.53. The van der Waals surface area contributed by atoms with E-state index in [2.05, 4.69) is 69.3 Å². The summed E-state index contributed by atoms with van der Waals surface area (Å²) in [6, 6.07) is 18.5. The van der Waals surface area contributed by atoms with Gasteiger partial charge in [-0.25, -0.2) is 0 Å². The molecule has 1 aliphatic rings. The van der Waals surface area contributed by atoms with E-state index in [0.717, 1.165) is 5.92 Å². The summed E-state index contributed by atoms with van der Waals surface area (Å²) in [6.45, 7) is 7.07. The molecule has 0 spiro atoms. The first-order chi connectivity index (χ1) is 12.6. The van der Waals surface area contributed by atoms with Gasteiger partial charge in [-0.2, -0.15) is 0 Å². The van der Waals surface area contributed by atoms with Crippen molar-refractivity contribution in [2.75, 3.05) is 0 Å². The Bertz CT molecular complexity index is 654. The van der Waals surface area contributed by atoms with Crippen molar-refractivity contribution < 1.29 is 0 Å². The largest absolute Gasteiger partial charge is 0.0654 e. The highest BCUT2D eigenvalue weighted by atomic mass is 14.4. The second-order valence-electron chi connectivity index (χ2n) is 8.76. The molecule has 0 aromatic heterocycles. The standard InChI is InChI=1S/C26H36/c1-4-6-18-26(3)19-16-25(17-20-26)24-14-12-23(13-15-24)22-10-8-21(7-5-2)9-11-22/h8-15,25H,4-7,16-20H2,1-3H3. The molecule has 1 saturated carbocycles. The topological polar surface area (TPSA) is 0 Å². The van der Waals surface area contributed by atoms with Crippen LogP contribution in [-0.4, -0.2) is 0 Å².